The van der Waals surface area contributed by atoms with Crippen LogP contribution in [0.4, 0.5) is 45.5 Å². The molecule has 0 radical (unpaired) electrons. The molecule has 0 aliphatic carbocycles. The summed E-state index contributed by atoms with van der Waals surface area (Å²) in [5.74, 6) is 0. The monoisotopic (exact) mass is 931 g/mol. The van der Waals surface area contributed by atoms with Crippen molar-refractivity contribution >= 4 is 112 Å². The first kappa shape index (κ1) is 42.2. The van der Waals surface area contributed by atoms with E-state index in [1.807, 2.05) is 43.0 Å². The average Bonchev–Trinajstić information content (AvgIpc) is 3.98. The smallest absolute Gasteiger partial charge is 0.137 e. The second-order valence-electron chi connectivity index (χ2n) is 17.7. The van der Waals surface area contributed by atoms with E-state index in [0.29, 0.717) is 0 Å². The zero-order valence-electron chi connectivity index (χ0n) is 38.9. The molecule has 0 N–H and O–H groups in total. The lowest BCUT2D eigenvalue weighted by molar-refractivity contribution is 0.668. The lowest BCUT2D eigenvalue weighted by Crippen LogP contribution is -2.14. The minimum atomic E-state index is 0.805. The van der Waals surface area contributed by atoms with Gasteiger partial charge in [-0.1, -0.05) is 121 Å². The van der Waals surface area contributed by atoms with Crippen molar-refractivity contribution in [3.8, 4) is 11.1 Å². The third-order valence-electron chi connectivity index (χ3n) is 13.5. The van der Waals surface area contributed by atoms with Gasteiger partial charge in [-0.15, -0.1) is 0 Å². The van der Waals surface area contributed by atoms with E-state index in [-0.39, 0.29) is 0 Å². The van der Waals surface area contributed by atoms with Gasteiger partial charge in [-0.2, -0.15) is 0 Å². The first-order valence-corrected chi connectivity index (χ1v) is 24.7. The summed E-state index contributed by atoms with van der Waals surface area (Å²) < 4.78 is 13.4. The van der Waals surface area contributed by atoms with Gasteiger partial charge in [-0.3, -0.25) is 0 Å². The number of fused-ring (bicyclic) bond motifs is 8. The van der Waals surface area contributed by atoms with E-state index in [1.54, 1.807) is 0 Å². The van der Waals surface area contributed by atoms with Gasteiger partial charge in [0.15, 0.2) is 0 Å². The van der Waals surface area contributed by atoms with E-state index < -0.39 is 0 Å². The fraction of sp³-hybridized carbons (Fsp3) is 0.0154. The molecule has 2 aromatic heterocycles. The van der Waals surface area contributed by atoms with Crippen LogP contribution in [0.1, 0.15) is 6.92 Å². The van der Waals surface area contributed by atoms with Gasteiger partial charge >= 0.3 is 0 Å². The Morgan fingerprint density at radius 3 is 1.55 bits per heavy atom. The van der Waals surface area contributed by atoms with Gasteiger partial charge in [-0.25, -0.2) is 0 Å². The van der Waals surface area contributed by atoms with Gasteiger partial charge in [0, 0.05) is 100 Å². The Balaban J connectivity index is 0.883. The second-order valence-corrected chi connectivity index (χ2v) is 18.8. The molecule has 1 aliphatic rings. The molecule has 71 heavy (non-hydrogen) atoms. The summed E-state index contributed by atoms with van der Waals surface area (Å²) in [4.78, 5) is 9.37. The van der Waals surface area contributed by atoms with E-state index in [1.165, 1.54) is 31.7 Å². The Labute approximate surface area is 416 Å². The van der Waals surface area contributed by atoms with Crippen molar-refractivity contribution in [2.45, 2.75) is 16.7 Å². The fourth-order valence-corrected chi connectivity index (χ4v) is 11.4. The zero-order chi connectivity index (χ0) is 47.4. The first-order chi connectivity index (χ1) is 35.1. The van der Waals surface area contributed by atoms with Crippen LogP contribution < -0.4 is 14.7 Å². The molecular weight excluding hydrogens is 887 g/mol. The van der Waals surface area contributed by atoms with Crippen molar-refractivity contribution in [1.29, 1.82) is 0 Å². The summed E-state index contributed by atoms with van der Waals surface area (Å²) in [5.41, 5.74) is 15.0. The van der Waals surface area contributed by atoms with E-state index in [0.717, 1.165) is 95.1 Å². The zero-order valence-corrected chi connectivity index (χ0v) is 39.7. The molecule has 6 heteroatoms. The summed E-state index contributed by atoms with van der Waals surface area (Å²) in [6.07, 6.45) is 8.01. The molecule has 338 valence electrons. The number of hydrogen-bond donors (Lipinski definition) is 0. The van der Waals surface area contributed by atoms with Crippen molar-refractivity contribution in [2.24, 2.45) is 0 Å². The third kappa shape index (κ3) is 7.36. The molecule has 13 rings (SSSR count). The van der Waals surface area contributed by atoms with Crippen LogP contribution in [-0.2, 0) is 0 Å². The summed E-state index contributed by atoms with van der Waals surface area (Å²) in [7, 11) is 0. The maximum Gasteiger partial charge on any atom is 0.137 e. The highest BCUT2D eigenvalue weighted by Crippen LogP contribution is 2.50. The lowest BCUT2D eigenvalue weighted by Gasteiger charge is -2.28. The molecule has 5 nitrogen and oxygen atoms in total. The standard InChI is InChI=1S/C65H45N3O2S/c1-3-5-19-44(4-2)66(45-20-9-6-10-21-45)50-28-33-53-57-38-48(31-36-59(57)69-61(53)40-50)67(46-22-11-7-12-23-46)51-29-34-54-58-39-49(32-37-60(58)70-62(54)41-51)68(47-24-13-8-14-25-47)52-30-35-55-56-26-15-17-43-18-16-27-63(65(43)56)71-64(55)42-52/h3-42H,2H2,1H3/b5-3-,44-19+. The average molecular weight is 932 g/mol. The normalized spacial score (nSPS) is 12.3. The Kier molecular flexibility index (Phi) is 10.4. The number of allylic oxidation sites excluding steroid dienone is 4. The van der Waals surface area contributed by atoms with Gasteiger partial charge in [0.25, 0.3) is 0 Å². The van der Waals surface area contributed by atoms with Crippen molar-refractivity contribution < 1.29 is 8.83 Å². The SMILES string of the molecule is C=C/C(=C\C=C/C)N(c1ccccc1)c1ccc2c(c1)oc1ccc(N(c3ccccc3)c3ccc4c(c3)oc3ccc(N(c5ccccc5)c5ccc6c(c5)Sc5cccc7cccc-6c57)cc34)cc12. The summed E-state index contributed by atoms with van der Waals surface area (Å²) in [6.45, 7) is 6.17. The van der Waals surface area contributed by atoms with Gasteiger partial charge in [0.2, 0.25) is 0 Å². The molecule has 3 heterocycles. The fourth-order valence-electron chi connectivity index (χ4n) is 10.3. The molecule has 0 unspecified atom stereocenters. The number of hydrogen-bond acceptors (Lipinski definition) is 6. The van der Waals surface area contributed by atoms with Crippen LogP contribution in [0.3, 0.4) is 0 Å². The van der Waals surface area contributed by atoms with Gasteiger partial charge < -0.3 is 23.5 Å². The second kappa shape index (κ2) is 17.5. The van der Waals surface area contributed by atoms with Crippen LogP contribution in [0.15, 0.2) is 274 Å². The molecule has 10 aromatic carbocycles. The minimum Gasteiger partial charge on any atom is -0.456 e. The van der Waals surface area contributed by atoms with Gasteiger partial charge in [-0.05, 0) is 151 Å². The molecule has 0 amide bonds. The Bertz CT molecular complexity index is 4070. The van der Waals surface area contributed by atoms with Crippen LogP contribution >= 0.6 is 11.8 Å². The van der Waals surface area contributed by atoms with Crippen LogP contribution in [0.25, 0.3) is 65.8 Å². The lowest BCUT2D eigenvalue weighted by atomic mass is 9.97. The number of anilines is 8. The van der Waals surface area contributed by atoms with E-state index in [9.17, 15) is 0 Å². The van der Waals surface area contributed by atoms with E-state index in [2.05, 4.69) is 240 Å². The van der Waals surface area contributed by atoms with Gasteiger partial charge in [0.1, 0.15) is 22.3 Å². The maximum atomic E-state index is 6.74. The summed E-state index contributed by atoms with van der Waals surface area (Å²) in [5, 5.41) is 6.78. The highest BCUT2D eigenvalue weighted by molar-refractivity contribution is 7.99. The number of nitrogens with zero attached hydrogens (tertiary/aromatic N) is 3. The number of rotatable bonds is 11. The van der Waals surface area contributed by atoms with E-state index in [4.69, 9.17) is 8.83 Å². The Morgan fingerprint density at radius 1 is 0.423 bits per heavy atom. The largest absolute Gasteiger partial charge is 0.456 e. The molecule has 0 spiro atoms. The highest BCUT2D eigenvalue weighted by Gasteiger charge is 2.24. The van der Waals surface area contributed by atoms with Crippen LogP contribution in [0.5, 0.6) is 0 Å². The minimum absolute atomic E-state index is 0.805. The van der Waals surface area contributed by atoms with Crippen LogP contribution in [0.2, 0.25) is 0 Å². The van der Waals surface area contributed by atoms with Gasteiger partial charge in [0.05, 0.1) is 0 Å². The van der Waals surface area contributed by atoms with Crippen LogP contribution in [-0.4, -0.2) is 0 Å². The molecule has 0 saturated carbocycles. The van der Waals surface area contributed by atoms with E-state index >= 15 is 0 Å². The molecule has 0 atom stereocenters. The van der Waals surface area contributed by atoms with Crippen molar-refractivity contribution in [3.05, 3.63) is 255 Å². The predicted octanol–water partition coefficient (Wildman–Crippen LogP) is 19.5. The van der Waals surface area contributed by atoms with Crippen molar-refractivity contribution in [1.82, 2.24) is 0 Å². The summed E-state index contributed by atoms with van der Waals surface area (Å²) >= 11 is 1.85. The number of benzene rings is 10. The predicted molar refractivity (Wildman–Crippen MR) is 299 cm³/mol. The molecule has 1 aliphatic heterocycles. The van der Waals surface area contributed by atoms with Crippen molar-refractivity contribution in [3.63, 3.8) is 0 Å². The Hall–Kier alpha value is -8.97. The topological polar surface area (TPSA) is 36.0 Å². The molecule has 12 aromatic rings. The molecule has 0 saturated heterocycles. The molecule has 0 bridgehead atoms. The quantitative estimate of drug-likeness (QED) is 0.120. The van der Waals surface area contributed by atoms with Crippen LogP contribution in [0, 0.1) is 0 Å². The first-order valence-electron chi connectivity index (χ1n) is 23.9. The number of para-hydroxylation sites is 3. The van der Waals surface area contributed by atoms with Crippen molar-refractivity contribution in [2.75, 3.05) is 14.7 Å². The molecule has 0 fully saturated rings. The molecular formula is C65H45N3O2S. The number of furan rings is 2. The Morgan fingerprint density at radius 2 is 0.944 bits per heavy atom. The third-order valence-corrected chi connectivity index (χ3v) is 14.6. The highest BCUT2D eigenvalue weighted by atomic mass is 32.2. The maximum absolute atomic E-state index is 6.74. The summed E-state index contributed by atoms with van der Waals surface area (Å²) in [6, 6.07) is 77.6.